The standard InChI is InChI=1S/C17H21NO/c1-17(19)9-11-18(12-10-17)13-15-7-4-6-14-5-2-3-8-16(14)15/h2-8,19H,9-13H2,1H3. The van der Waals surface area contributed by atoms with Crippen LogP contribution in [0.4, 0.5) is 0 Å². The molecule has 2 heteroatoms. The van der Waals surface area contributed by atoms with Crippen molar-refractivity contribution in [3.63, 3.8) is 0 Å². The maximum Gasteiger partial charge on any atom is 0.0644 e. The average molecular weight is 255 g/mol. The molecule has 1 aliphatic heterocycles. The van der Waals surface area contributed by atoms with Crippen LogP contribution in [0.2, 0.25) is 0 Å². The van der Waals surface area contributed by atoms with Gasteiger partial charge in [-0.05, 0) is 36.1 Å². The second kappa shape index (κ2) is 4.95. The molecule has 100 valence electrons. The highest BCUT2D eigenvalue weighted by molar-refractivity contribution is 5.85. The molecule has 19 heavy (non-hydrogen) atoms. The highest BCUT2D eigenvalue weighted by Crippen LogP contribution is 2.25. The van der Waals surface area contributed by atoms with E-state index in [1.54, 1.807) is 0 Å². The van der Waals surface area contributed by atoms with Gasteiger partial charge in [-0.1, -0.05) is 42.5 Å². The Morgan fingerprint density at radius 3 is 2.53 bits per heavy atom. The quantitative estimate of drug-likeness (QED) is 0.891. The van der Waals surface area contributed by atoms with Gasteiger partial charge < -0.3 is 5.11 Å². The van der Waals surface area contributed by atoms with Crippen LogP contribution in [0.15, 0.2) is 42.5 Å². The van der Waals surface area contributed by atoms with Crippen molar-refractivity contribution < 1.29 is 5.11 Å². The van der Waals surface area contributed by atoms with E-state index in [2.05, 4.69) is 47.4 Å². The minimum Gasteiger partial charge on any atom is -0.390 e. The molecule has 0 atom stereocenters. The van der Waals surface area contributed by atoms with E-state index in [1.807, 2.05) is 6.92 Å². The zero-order valence-corrected chi connectivity index (χ0v) is 11.5. The van der Waals surface area contributed by atoms with Gasteiger partial charge in [0, 0.05) is 19.6 Å². The summed E-state index contributed by atoms with van der Waals surface area (Å²) in [5, 5.41) is 12.7. The minimum atomic E-state index is -0.463. The smallest absolute Gasteiger partial charge is 0.0644 e. The van der Waals surface area contributed by atoms with Crippen molar-refractivity contribution in [3.05, 3.63) is 48.0 Å². The summed E-state index contributed by atoms with van der Waals surface area (Å²) in [4.78, 5) is 2.44. The first-order valence-corrected chi connectivity index (χ1v) is 7.05. The number of likely N-dealkylation sites (tertiary alicyclic amines) is 1. The fourth-order valence-electron chi connectivity index (χ4n) is 2.86. The number of nitrogens with zero attached hydrogens (tertiary/aromatic N) is 1. The number of rotatable bonds is 2. The Kier molecular flexibility index (Phi) is 3.29. The largest absolute Gasteiger partial charge is 0.390 e. The second-order valence-corrected chi connectivity index (χ2v) is 5.91. The number of aliphatic hydroxyl groups is 1. The molecule has 2 nitrogen and oxygen atoms in total. The van der Waals surface area contributed by atoms with Crippen LogP contribution in [0.5, 0.6) is 0 Å². The van der Waals surface area contributed by atoms with E-state index in [0.29, 0.717) is 0 Å². The predicted molar refractivity (Wildman–Crippen MR) is 79.1 cm³/mol. The van der Waals surface area contributed by atoms with Gasteiger partial charge in [0.15, 0.2) is 0 Å². The molecule has 0 saturated carbocycles. The van der Waals surface area contributed by atoms with E-state index in [0.717, 1.165) is 32.5 Å². The summed E-state index contributed by atoms with van der Waals surface area (Å²) in [5.41, 5.74) is 0.926. The predicted octanol–water partition coefficient (Wildman–Crippen LogP) is 3.19. The van der Waals surface area contributed by atoms with Crippen molar-refractivity contribution in [2.45, 2.75) is 31.9 Å². The van der Waals surface area contributed by atoms with Crippen LogP contribution >= 0.6 is 0 Å². The zero-order chi connectivity index (χ0) is 13.3. The molecular formula is C17H21NO. The van der Waals surface area contributed by atoms with Crippen molar-refractivity contribution in [2.75, 3.05) is 13.1 Å². The van der Waals surface area contributed by atoms with Gasteiger partial charge in [0.25, 0.3) is 0 Å². The number of piperidine rings is 1. The van der Waals surface area contributed by atoms with Crippen LogP contribution in [0, 0.1) is 0 Å². The van der Waals surface area contributed by atoms with Crippen molar-refractivity contribution in [2.24, 2.45) is 0 Å². The van der Waals surface area contributed by atoms with Crippen molar-refractivity contribution in [3.8, 4) is 0 Å². The van der Waals surface area contributed by atoms with E-state index in [9.17, 15) is 5.11 Å². The first kappa shape index (κ1) is 12.6. The Morgan fingerprint density at radius 1 is 1.05 bits per heavy atom. The molecule has 0 aromatic heterocycles. The first-order chi connectivity index (χ1) is 9.14. The van der Waals surface area contributed by atoms with E-state index in [-0.39, 0.29) is 0 Å². The highest BCUT2D eigenvalue weighted by Gasteiger charge is 2.27. The molecule has 3 rings (SSSR count). The lowest BCUT2D eigenvalue weighted by Crippen LogP contribution is -2.41. The van der Waals surface area contributed by atoms with Gasteiger partial charge in [0.1, 0.15) is 0 Å². The van der Waals surface area contributed by atoms with Crippen LogP contribution < -0.4 is 0 Å². The van der Waals surface area contributed by atoms with E-state index >= 15 is 0 Å². The van der Waals surface area contributed by atoms with Crippen molar-refractivity contribution in [1.82, 2.24) is 4.90 Å². The van der Waals surface area contributed by atoms with Gasteiger partial charge in [0.05, 0.1) is 5.60 Å². The van der Waals surface area contributed by atoms with Crippen molar-refractivity contribution in [1.29, 1.82) is 0 Å². The zero-order valence-electron chi connectivity index (χ0n) is 11.5. The van der Waals surface area contributed by atoms with Crippen LogP contribution in [-0.4, -0.2) is 28.7 Å². The summed E-state index contributed by atoms with van der Waals surface area (Å²) in [7, 11) is 0. The Morgan fingerprint density at radius 2 is 1.74 bits per heavy atom. The normalized spacial score (nSPS) is 19.7. The Hall–Kier alpha value is -1.38. The monoisotopic (exact) mass is 255 g/mol. The SMILES string of the molecule is CC1(O)CCN(Cc2cccc3ccccc23)CC1. The van der Waals surface area contributed by atoms with Crippen LogP contribution in [0.1, 0.15) is 25.3 Å². The van der Waals surface area contributed by atoms with Crippen LogP contribution in [-0.2, 0) is 6.54 Å². The lowest BCUT2D eigenvalue weighted by Gasteiger charge is -2.35. The lowest BCUT2D eigenvalue weighted by atomic mass is 9.93. The van der Waals surface area contributed by atoms with Gasteiger partial charge in [0.2, 0.25) is 0 Å². The number of fused-ring (bicyclic) bond motifs is 1. The summed E-state index contributed by atoms with van der Waals surface area (Å²) in [6, 6.07) is 15.1. The second-order valence-electron chi connectivity index (χ2n) is 5.91. The molecule has 0 unspecified atom stereocenters. The molecule has 1 saturated heterocycles. The molecule has 2 aromatic carbocycles. The third kappa shape index (κ3) is 2.80. The molecule has 1 fully saturated rings. The molecule has 2 aromatic rings. The molecule has 0 spiro atoms. The molecule has 0 amide bonds. The summed E-state index contributed by atoms with van der Waals surface area (Å²) in [6.45, 7) is 4.89. The van der Waals surface area contributed by atoms with Crippen LogP contribution in [0.25, 0.3) is 10.8 Å². The summed E-state index contributed by atoms with van der Waals surface area (Å²) in [5.74, 6) is 0. The van der Waals surface area contributed by atoms with Gasteiger partial charge in [-0.25, -0.2) is 0 Å². The molecule has 0 bridgehead atoms. The van der Waals surface area contributed by atoms with E-state index < -0.39 is 5.60 Å². The Bertz CT molecular complexity index is 561. The molecular weight excluding hydrogens is 234 g/mol. The maximum atomic E-state index is 10.0. The van der Waals surface area contributed by atoms with E-state index in [4.69, 9.17) is 0 Å². The highest BCUT2D eigenvalue weighted by atomic mass is 16.3. The Labute approximate surface area is 114 Å². The molecule has 0 aliphatic carbocycles. The topological polar surface area (TPSA) is 23.5 Å². The molecule has 1 heterocycles. The fourth-order valence-corrected chi connectivity index (χ4v) is 2.86. The molecule has 0 radical (unpaired) electrons. The van der Waals surface area contributed by atoms with Gasteiger partial charge in [-0.15, -0.1) is 0 Å². The lowest BCUT2D eigenvalue weighted by molar-refractivity contribution is -0.00720. The number of hydrogen-bond donors (Lipinski definition) is 1. The minimum absolute atomic E-state index is 0.463. The van der Waals surface area contributed by atoms with Gasteiger partial charge >= 0.3 is 0 Å². The molecule has 1 N–H and O–H groups in total. The average Bonchev–Trinajstić information content (AvgIpc) is 2.42. The van der Waals surface area contributed by atoms with Gasteiger partial charge in [-0.2, -0.15) is 0 Å². The van der Waals surface area contributed by atoms with E-state index in [1.165, 1.54) is 16.3 Å². The third-order valence-corrected chi connectivity index (χ3v) is 4.21. The van der Waals surface area contributed by atoms with Crippen molar-refractivity contribution >= 4 is 10.8 Å². The van der Waals surface area contributed by atoms with Gasteiger partial charge in [-0.3, -0.25) is 4.90 Å². The van der Waals surface area contributed by atoms with Crippen LogP contribution in [0.3, 0.4) is 0 Å². The Balaban J connectivity index is 1.79. The summed E-state index contributed by atoms with van der Waals surface area (Å²) in [6.07, 6.45) is 1.75. The first-order valence-electron chi connectivity index (χ1n) is 7.05. The third-order valence-electron chi connectivity index (χ3n) is 4.21. The summed E-state index contributed by atoms with van der Waals surface area (Å²) < 4.78 is 0. The maximum absolute atomic E-state index is 10.0. The number of benzene rings is 2. The molecule has 1 aliphatic rings. The summed E-state index contributed by atoms with van der Waals surface area (Å²) >= 11 is 0. The number of hydrogen-bond acceptors (Lipinski definition) is 2. The fraction of sp³-hybridized carbons (Fsp3) is 0.412.